The minimum atomic E-state index is -3.63. The van der Waals surface area contributed by atoms with Gasteiger partial charge in [-0.25, -0.2) is 8.42 Å². The van der Waals surface area contributed by atoms with Gasteiger partial charge in [-0.1, -0.05) is 48.5 Å². The van der Waals surface area contributed by atoms with Crippen LogP contribution in [0.25, 0.3) is 0 Å². The lowest BCUT2D eigenvalue weighted by Gasteiger charge is -2.33. The van der Waals surface area contributed by atoms with Crippen molar-refractivity contribution in [1.29, 1.82) is 0 Å². The van der Waals surface area contributed by atoms with E-state index in [0.717, 1.165) is 29.8 Å². The summed E-state index contributed by atoms with van der Waals surface area (Å²) in [5.74, 6) is 1.65. The number of benzene rings is 3. The molecule has 0 radical (unpaired) electrons. The molecule has 0 N–H and O–H groups in total. The second kappa shape index (κ2) is 10.7. The Labute approximate surface area is 201 Å². The van der Waals surface area contributed by atoms with E-state index in [2.05, 4.69) is 12.1 Å². The van der Waals surface area contributed by atoms with Crippen LogP contribution in [-0.2, 0) is 21.2 Å². The second-order valence-electron chi connectivity index (χ2n) is 8.69. The summed E-state index contributed by atoms with van der Waals surface area (Å²) in [5.41, 5.74) is 1.76. The van der Waals surface area contributed by atoms with Crippen LogP contribution in [0.5, 0.6) is 11.5 Å². The number of amides is 1. The molecule has 0 bridgehead atoms. The SMILES string of the molecule is CS(=O)(=O)N(CC(=O)N1CCC(Cc2ccccc2)CC1)c1ccc(Oc2ccccc2)cc1. The van der Waals surface area contributed by atoms with Crippen molar-refractivity contribution < 1.29 is 17.9 Å². The second-order valence-corrected chi connectivity index (χ2v) is 10.6. The summed E-state index contributed by atoms with van der Waals surface area (Å²) in [6.07, 6.45) is 3.98. The van der Waals surface area contributed by atoms with E-state index in [1.54, 1.807) is 29.2 Å². The summed E-state index contributed by atoms with van der Waals surface area (Å²) in [4.78, 5) is 14.8. The standard InChI is InChI=1S/C27H30N2O4S/c1-34(31,32)29(24-12-14-26(15-13-24)33-25-10-6-3-7-11-25)21-27(30)28-18-16-23(17-19-28)20-22-8-4-2-5-9-22/h2-15,23H,16-21H2,1H3. The lowest BCUT2D eigenvalue weighted by molar-refractivity contribution is -0.130. The third-order valence-electron chi connectivity index (χ3n) is 6.12. The van der Waals surface area contributed by atoms with E-state index >= 15 is 0 Å². The van der Waals surface area contributed by atoms with Gasteiger partial charge >= 0.3 is 0 Å². The molecular formula is C27H30N2O4S. The van der Waals surface area contributed by atoms with Crippen LogP contribution in [0.15, 0.2) is 84.9 Å². The summed E-state index contributed by atoms with van der Waals surface area (Å²) in [5, 5.41) is 0. The number of carbonyl (C=O) groups excluding carboxylic acids is 1. The number of nitrogens with zero attached hydrogens (tertiary/aromatic N) is 2. The molecule has 1 aliphatic rings. The number of carbonyl (C=O) groups is 1. The van der Waals surface area contributed by atoms with Crippen LogP contribution in [-0.4, -0.2) is 45.1 Å². The maximum absolute atomic E-state index is 13.0. The third-order valence-corrected chi connectivity index (χ3v) is 7.26. The van der Waals surface area contributed by atoms with Crippen molar-refractivity contribution in [3.63, 3.8) is 0 Å². The third kappa shape index (κ3) is 6.38. The Morgan fingerprint density at radius 1 is 0.882 bits per heavy atom. The molecule has 0 unspecified atom stereocenters. The highest BCUT2D eigenvalue weighted by atomic mass is 32.2. The summed E-state index contributed by atoms with van der Waals surface area (Å²) in [6, 6.07) is 26.5. The Balaban J connectivity index is 1.36. The van der Waals surface area contributed by atoms with Gasteiger partial charge in [-0.2, -0.15) is 0 Å². The first-order valence-corrected chi connectivity index (χ1v) is 13.4. The molecule has 3 aromatic carbocycles. The Morgan fingerprint density at radius 3 is 2.03 bits per heavy atom. The van der Waals surface area contributed by atoms with Gasteiger partial charge in [0.1, 0.15) is 18.0 Å². The highest BCUT2D eigenvalue weighted by Crippen LogP contribution is 2.26. The molecule has 6 nitrogen and oxygen atoms in total. The number of para-hydroxylation sites is 1. The molecule has 4 rings (SSSR count). The van der Waals surface area contributed by atoms with Crippen molar-refractivity contribution in [3.05, 3.63) is 90.5 Å². The number of sulfonamides is 1. The fourth-order valence-corrected chi connectivity index (χ4v) is 5.11. The van der Waals surface area contributed by atoms with Gasteiger partial charge in [-0.05, 0) is 67.1 Å². The summed E-state index contributed by atoms with van der Waals surface area (Å²) in [6.45, 7) is 1.09. The zero-order valence-electron chi connectivity index (χ0n) is 19.3. The van der Waals surface area contributed by atoms with Crippen LogP contribution in [0.4, 0.5) is 5.69 Å². The van der Waals surface area contributed by atoms with Crippen molar-refractivity contribution in [3.8, 4) is 11.5 Å². The Kier molecular flexibility index (Phi) is 7.53. The van der Waals surface area contributed by atoms with Gasteiger partial charge in [-0.3, -0.25) is 9.10 Å². The molecule has 1 aliphatic heterocycles. The van der Waals surface area contributed by atoms with Gasteiger partial charge in [0, 0.05) is 13.1 Å². The normalized spacial score (nSPS) is 14.6. The zero-order valence-corrected chi connectivity index (χ0v) is 20.2. The number of hydrogen-bond acceptors (Lipinski definition) is 4. The lowest BCUT2D eigenvalue weighted by atomic mass is 9.90. The molecule has 0 aromatic heterocycles. The minimum absolute atomic E-state index is 0.173. The quantitative estimate of drug-likeness (QED) is 0.470. The Hall–Kier alpha value is -3.32. The Bertz CT molecular complexity index is 1170. The topological polar surface area (TPSA) is 66.9 Å². The first-order valence-electron chi connectivity index (χ1n) is 11.5. The number of anilines is 1. The molecule has 7 heteroatoms. The van der Waals surface area contributed by atoms with Crippen molar-refractivity contribution >= 4 is 21.6 Å². The van der Waals surface area contributed by atoms with Crippen molar-refractivity contribution in [2.24, 2.45) is 5.92 Å². The van der Waals surface area contributed by atoms with E-state index in [4.69, 9.17) is 4.74 Å². The maximum Gasteiger partial charge on any atom is 0.243 e. The fraction of sp³-hybridized carbons (Fsp3) is 0.296. The molecule has 1 fully saturated rings. The van der Waals surface area contributed by atoms with Crippen LogP contribution in [0, 0.1) is 5.92 Å². The molecule has 1 amide bonds. The molecular weight excluding hydrogens is 448 g/mol. The van der Waals surface area contributed by atoms with Gasteiger partial charge in [0.2, 0.25) is 15.9 Å². The predicted octanol–water partition coefficient (Wildman–Crippen LogP) is 4.73. The monoisotopic (exact) mass is 478 g/mol. The van der Waals surface area contributed by atoms with E-state index < -0.39 is 10.0 Å². The van der Waals surface area contributed by atoms with Crippen molar-refractivity contribution in [1.82, 2.24) is 4.90 Å². The van der Waals surface area contributed by atoms with Gasteiger partial charge < -0.3 is 9.64 Å². The molecule has 0 atom stereocenters. The predicted molar refractivity (Wildman–Crippen MR) is 135 cm³/mol. The molecule has 34 heavy (non-hydrogen) atoms. The number of likely N-dealkylation sites (tertiary alicyclic amines) is 1. The molecule has 1 saturated heterocycles. The molecule has 1 heterocycles. The molecule has 0 aliphatic carbocycles. The van der Waals surface area contributed by atoms with E-state index in [-0.39, 0.29) is 12.5 Å². The molecule has 178 valence electrons. The largest absolute Gasteiger partial charge is 0.457 e. The van der Waals surface area contributed by atoms with E-state index in [1.807, 2.05) is 48.5 Å². The average Bonchev–Trinajstić information content (AvgIpc) is 2.84. The molecule has 0 spiro atoms. The minimum Gasteiger partial charge on any atom is -0.457 e. The zero-order chi connectivity index (χ0) is 24.0. The molecule has 0 saturated carbocycles. The van der Waals surface area contributed by atoms with Gasteiger partial charge in [0.25, 0.3) is 0 Å². The van der Waals surface area contributed by atoms with Crippen LogP contribution in [0.1, 0.15) is 18.4 Å². The number of ether oxygens (including phenoxy) is 1. The smallest absolute Gasteiger partial charge is 0.243 e. The maximum atomic E-state index is 13.0. The highest BCUT2D eigenvalue weighted by molar-refractivity contribution is 7.92. The van der Waals surface area contributed by atoms with Crippen LogP contribution >= 0.6 is 0 Å². The number of rotatable bonds is 8. The lowest BCUT2D eigenvalue weighted by Crippen LogP contribution is -2.45. The first kappa shape index (κ1) is 23.8. The summed E-state index contributed by atoms with van der Waals surface area (Å²) >= 11 is 0. The highest BCUT2D eigenvalue weighted by Gasteiger charge is 2.27. The summed E-state index contributed by atoms with van der Waals surface area (Å²) in [7, 11) is -3.63. The van der Waals surface area contributed by atoms with Crippen LogP contribution < -0.4 is 9.04 Å². The van der Waals surface area contributed by atoms with E-state index in [9.17, 15) is 13.2 Å². The van der Waals surface area contributed by atoms with Crippen LogP contribution in [0.2, 0.25) is 0 Å². The first-order chi connectivity index (χ1) is 16.4. The van der Waals surface area contributed by atoms with Crippen molar-refractivity contribution in [2.75, 3.05) is 30.2 Å². The van der Waals surface area contributed by atoms with Crippen LogP contribution in [0.3, 0.4) is 0 Å². The fourth-order valence-electron chi connectivity index (χ4n) is 4.26. The van der Waals surface area contributed by atoms with E-state index in [0.29, 0.717) is 36.2 Å². The number of piperidine rings is 1. The summed E-state index contributed by atoms with van der Waals surface area (Å²) < 4.78 is 32.0. The number of hydrogen-bond donors (Lipinski definition) is 0. The van der Waals surface area contributed by atoms with Gasteiger partial charge in [0.15, 0.2) is 0 Å². The van der Waals surface area contributed by atoms with E-state index in [1.165, 1.54) is 5.56 Å². The average molecular weight is 479 g/mol. The van der Waals surface area contributed by atoms with Gasteiger partial charge in [0.05, 0.1) is 11.9 Å². The van der Waals surface area contributed by atoms with Crippen molar-refractivity contribution in [2.45, 2.75) is 19.3 Å². The van der Waals surface area contributed by atoms with Gasteiger partial charge in [-0.15, -0.1) is 0 Å². The Morgan fingerprint density at radius 2 is 1.44 bits per heavy atom. The molecule has 3 aromatic rings.